The number of rotatable bonds is 4. The van der Waals surface area contributed by atoms with Gasteiger partial charge >= 0.3 is 0 Å². The highest BCUT2D eigenvalue weighted by molar-refractivity contribution is 5.92. The molecule has 0 aliphatic heterocycles. The van der Waals surface area contributed by atoms with Crippen LogP contribution in [-0.2, 0) is 9.59 Å². The molecule has 0 aliphatic carbocycles. The fourth-order valence-corrected chi connectivity index (χ4v) is 0.877. The van der Waals surface area contributed by atoms with Gasteiger partial charge in [-0.1, -0.05) is 0 Å². The smallest absolute Gasteiger partial charge is 0.244 e. The summed E-state index contributed by atoms with van der Waals surface area (Å²) in [6, 6.07) is 3.05. The number of anilines is 3. The zero-order valence-corrected chi connectivity index (χ0v) is 7.86. The molecule has 0 aliphatic rings. The van der Waals surface area contributed by atoms with Crippen molar-refractivity contribution >= 4 is 29.6 Å². The molecular formula is C8H11N5O2. The number of carbonyl (C=O) groups excluding carboxylic acids is 2. The van der Waals surface area contributed by atoms with Crippen LogP contribution in [0, 0.1) is 0 Å². The Hall–Kier alpha value is -2.31. The summed E-state index contributed by atoms with van der Waals surface area (Å²) in [6.45, 7) is -0.116. The third-order valence-electron chi connectivity index (χ3n) is 1.57. The van der Waals surface area contributed by atoms with Crippen LogP contribution in [0.1, 0.15) is 0 Å². The van der Waals surface area contributed by atoms with Crippen LogP contribution < -0.4 is 22.1 Å². The van der Waals surface area contributed by atoms with E-state index in [1.807, 2.05) is 0 Å². The van der Waals surface area contributed by atoms with Crippen molar-refractivity contribution in [1.29, 1.82) is 0 Å². The van der Waals surface area contributed by atoms with Gasteiger partial charge in [0.25, 0.3) is 0 Å². The van der Waals surface area contributed by atoms with Gasteiger partial charge in [0.1, 0.15) is 11.6 Å². The first-order valence-corrected chi connectivity index (χ1v) is 4.12. The van der Waals surface area contributed by atoms with E-state index in [2.05, 4.69) is 15.6 Å². The molecule has 6 N–H and O–H groups in total. The molecular weight excluding hydrogens is 198 g/mol. The van der Waals surface area contributed by atoms with Crippen molar-refractivity contribution in [2.24, 2.45) is 0 Å². The molecule has 0 saturated carbocycles. The number of aromatic nitrogens is 1. The van der Waals surface area contributed by atoms with E-state index in [9.17, 15) is 9.59 Å². The zero-order valence-electron chi connectivity index (χ0n) is 7.86. The van der Waals surface area contributed by atoms with Gasteiger partial charge in [-0.3, -0.25) is 9.59 Å². The Morgan fingerprint density at radius 3 is 2.80 bits per heavy atom. The number of hydrogen-bond acceptors (Lipinski definition) is 5. The van der Waals surface area contributed by atoms with Crippen LogP contribution >= 0.6 is 0 Å². The maximum absolute atomic E-state index is 11.1. The molecule has 0 bridgehead atoms. The first kappa shape index (κ1) is 10.8. The molecule has 7 heteroatoms. The minimum Gasteiger partial charge on any atom is -0.396 e. The van der Waals surface area contributed by atoms with E-state index in [0.29, 0.717) is 17.9 Å². The first-order valence-electron chi connectivity index (χ1n) is 4.12. The van der Waals surface area contributed by atoms with Crippen molar-refractivity contribution in [2.45, 2.75) is 0 Å². The molecule has 0 fully saturated rings. The summed E-state index contributed by atoms with van der Waals surface area (Å²) in [4.78, 5) is 24.9. The Morgan fingerprint density at radius 2 is 2.20 bits per heavy atom. The number of carbonyl (C=O) groups is 2. The highest BCUT2D eigenvalue weighted by atomic mass is 16.2. The van der Waals surface area contributed by atoms with E-state index in [1.165, 1.54) is 12.1 Å². The lowest BCUT2D eigenvalue weighted by Crippen LogP contribution is -2.27. The van der Waals surface area contributed by atoms with Crippen LogP contribution in [0.15, 0.2) is 12.1 Å². The zero-order chi connectivity index (χ0) is 11.3. The number of amides is 2. The van der Waals surface area contributed by atoms with Gasteiger partial charge in [-0.2, -0.15) is 0 Å². The van der Waals surface area contributed by atoms with Crippen LogP contribution in [0.5, 0.6) is 0 Å². The number of pyridine rings is 1. The number of nitrogen functional groups attached to an aromatic ring is 2. The Labute approximate surface area is 85.8 Å². The Balaban J connectivity index is 2.60. The summed E-state index contributed by atoms with van der Waals surface area (Å²) in [6.07, 6.45) is 0.435. The van der Waals surface area contributed by atoms with Gasteiger partial charge in [-0.05, 0) is 12.1 Å². The van der Waals surface area contributed by atoms with Crippen molar-refractivity contribution in [3.8, 4) is 0 Å². The van der Waals surface area contributed by atoms with Crippen LogP contribution in [0.2, 0.25) is 0 Å². The molecule has 15 heavy (non-hydrogen) atoms. The van der Waals surface area contributed by atoms with Crippen molar-refractivity contribution < 1.29 is 9.59 Å². The molecule has 0 saturated heterocycles. The lowest BCUT2D eigenvalue weighted by Gasteiger charge is -2.05. The number of nitrogens with two attached hydrogens (primary N) is 2. The number of hydrogen-bond donors (Lipinski definition) is 4. The predicted molar refractivity (Wildman–Crippen MR) is 55.8 cm³/mol. The monoisotopic (exact) mass is 209 g/mol. The van der Waals surface area contributed by atoms with E-state index in [0.717, 1.165) is 0 Å². The molecule has 0 radical (unpaired) electrons. The quantitative estimate of drug-likeness (QED) is 0.470. The van der Waals surface area contributed by atoms with E-state index in [4.69, 9.17) is 11.5 Å². The molecule has 1 aromatic heterocycles. The second-order valence-corrected chi connectivity index (χ2v) is 2.72. The van der Waals surface area contributed by atoms with Crippen molar-refractivity contribution in [3.63, 3.8) is 0 Å². The molecule has 0 aromatic carbocycles. The maximum atomic E-state index is 11.1. The van der Waals surface area contributed by atoms with Gasteiger partial charge in [-0.25, -0.2) is 4.98 Å². The fourth-order valence-electron chi connectivity index (χ4n) is 0.877. The van der Waals surface area contributed by atoms with Gasteiger partial charge < -0.3 is 22.1 Å². The Morgan fingerprint density at radius 1 is 1.47 bits per heavy atom. The molecule has 7 nitrogen and oxygen atoms in total. The lowest BCUT2D eigenvalue weighted by molar-refractivity contribution is -0.118. The first-order chi connectivity index (χ1) is 7.13. The normalized spacial score (nSPS) is 9.33. The molecule has 1 aromatic rings. The van der Waals surface area contributed by atoms with Crippen LogP contribution in [-0.4, -0.2) is 23.8 Å². The summed E-state index contributed by atoms with van der Waals surface area (Å²) >= 11 is 0. The van der Waals surface area contributed by atoms with Crippen molar-refractivity contribution in [1.82, 2.24) is 10.3 Å². The van der Waals surface area contributed by atoms with Crippen LogP contribution in [0.25, 0.3) is 0 Å². The summed E-state index contributed by atoms with van der Waals surface area (Å²) in [5.41, 5.74) is 11.2. The standard InChI is InChI=1S/C8H11N5O2/c9-5-1-2-6(13-8(5)10)12-7(15)3-11-4-14/h1-2,4H,3,9H2,(H,11,14)(H3,10,12,13,15). The van der Waals surface area contributed by atoms with Gasteiger partial charge in [-0.15, -0.1) is 0 Å². The minimum atomic E-state index is -0.390. The molecule has 2 amide bonds. The number of nitrogens with one attached hydrogen (secondary N) is 2. The topological polar surface area (TPSA) is 123 Å². The van der Waals surface area contributed by atoms with E-state index in [-0.39, 0.29) is 12.4 Å². The fraction of sp³-hybridized carbons (Fsp3) is 0.125. The SMILES string of the molecule is Nc1ccc(NC(=O)CNC=O)nc1N. The molecule has 1 heterocycles. The van der Waals surface area contributed by atoms with Crippen molar-refractivity contribution in [2.75, 3.05) is 23.3 Å². The van der Waals surface area contributed by atoms with Crippen LogP contribution in [0.3, 0.4) is 0 Å². The molecule has 0 atom stereocenters. The summed E-state index contributed by atoms with van der Waals surface area (Å²) in [7, 11) is 0. The van der Waals surface area contributed by atoms with Gasteiger partial charge in [0.15, 0.2) is 0 Å². The lowest BCUT2D eigenvalue weighted by atomic mass is 10.4. The molecule has 80 valence electrons. The van der Waals surface area contributed by atoms with Gasteiger partial charge in [0.2, 0.25) is 12.3 Å². The highest BCUT2D eigenvalue weighted by Gasteiger charge is 2.03. The second-order valence-electron chi connectivity index (χ2n) is 2.72. The Kier molecular flexibility index (Phi) is 3.44. The maximum Gasteiger partial charge on any atom is 0.244 e. The largest absolute Gasteiger partial charge is 0.396 e. The Bertz CT molecular complexity index is 379. The highest BCUT2D eigenvalue weighted by Crippen LogP contribution is 2.14. The summed E-state index contributed by atoms with van der Waals surface area (Å²) in [5.74, 6) is 0.0503. The third-order valence-corrected chi connectivity index (χ3v) is 1.57. The van der Waals surface area contributed by atoms with Gasteiger partial charge in [0, 0.05) is 0 Å². The minimum absolute atomic E-state index is 0.116. The van der Waals surface area contributed by atoms with E-state index < -0.39 is 5.91 Å². The van der Waals surface area contributed by atoms with Crippen LogP contribution in [0.4, 0.5) is 17.3 Å². The van der Waals surface area contributed by atoms with E-state index >= 15 is 0 Å². The summed E-state index contributed by atoms with van der Waals surface area (Å²) in [5, 5.41) is 4.66. The van der Waals surface area contributed by atoms with E-state index in [1.54, 1.807) is 0 Å². The second kappa shape index (κ2) is 4.80. The average Bonchev–Trinajstić information content (AvgIpc) is 2.20. The average molecular weight is 209 g/mol. The molecule has 0 spiro atoms. The number of nitrogens with zero attached hydrogens (tertiary/aromatic N) is 1. The molecule has 1 rings (SSSR count). The third kappa shape index (κ3) is 3.14. The molecule has 0 unspecified atom stereocenters. The summed E-state index contributed by atoms with van der Waals surface area (Å²) < 4.78 is 0. The van der Waals surface area contributed by atoms with Crippen molar-refractivity contribution in [3.05, 3.63) is 12.1 Å². The van der Waals surface area contributed by atoms with Gasteiger partial charge in [0.05, 0.1) is 12.2 Å². The predicted octanol–water partition coefficient (Wildman–Crippen LogP) is -1.07.